The molecular formula is C23H21F3. The summed E-state index contributed by atoms with van der Waals surface area (Å²) in [4.78, 5) is 0. The Labute approximate surface area is 151 Å². The molecule has 2 atom stereocenters. The Morgan fingerprint density at radius 1 is 0.923 bits per heavy atom. The molecule has 3 heteroatoms. The number of rotatable bonds is 3. The van der Waals surface area contributed by atoms with E-state index in [0.29, 0.717) is 5.92 Å². The van der Waals surface area contributed by atoms with Gasteiger partial charge in [-0.15, -0.1) is 0 Å². The van der Waals surface area contributed by atoms with Crippen molar-refractivity contribution in [3.8, 4) is 0 Å². The molecule has 26 heavy (non-hydrogen) atoms. The van der Waals surface area contributed by atoms with E-state index in [4.69, 9.17) is 0 Å². The SMILES string of the molecule is CCCC1CCc2c(ccc3ccc(F)cc23)C1c1ccc(F)c(F)c1. The summed E-state index contributed by atoms with van der Waals surface area (Å²) < 4.78 is 41.2. The first kappa shape index (κ1) is 17.1. The van der Waals surface area contributed by atoms with Crippen molar-refractivity contribution in [2.75, 3.05) is 0 Å². The van der Waals surface area contributed by atoms with Gasteiger partial charge < -0.3 is 0 Å². The molecule has 1 aliphatic carbocycles. The van der Waals surface area contributed by atoms with Crippen molar-refractivity contribution < 1.29 is 13.2 Å². The van der Waals surface area contributed by atoms with Crippen LogP contribution >= 0.6 is 0 Å². The highest BCUT2D eigenvalue weighted by molar-refractivity contribution is 5.87. The first-order valence-corrected chi connectivity index (χ1v) is 9.24. The molecule has 0 saturated heterocycles. The minimum Gasteiger partial charge on any atom is -0.207 e. The van der Waals surface area contributed by atoms with Crippen LogP contribution in [0, 0.1) is 23.4 Å². The Balaban J connectivity index is 1.91. The third-order valence-corrected chi connectivity index (χ3v) is 5.67. The van der Waals surface area contributed by atoms with Crippen LogP contribution in [0.5, 0.6) is 0 Å². The van der Waals surface area contributed by atoms with Crippen LogP contribution < -0.4 is 0 Å². The van der Waals surface area contributed by atoms with Crippen LogP contribution in [0.15, 0.2) is 48.5 Å². The molecule has 0 aliphatic heterocycles. The lowest BCUT2D eigenvalue weighted by Gasteiger charge is -2.35. The zero-order chi connectivity index (χ0) is 18.3. The second kappa shape index (κ2) is 6.79. The monoisotopic (exact) mass is 354 g/mol. The highest BCUT2D eigenvalue weighted by atomic mass is 19.2. The third kappa shape index (κ3) is 2.90. The minimum atomic E-state index is -0.822. The van der Waals surface area contributed by atoms with Crippen molar-refractivity contribution >= 4 is 10.8 Å². The van der Waals surface area contributed by atoms with Gasteiger partial charge in [0.15, 0.2) is 11.6 Å². The zero-order valence-corrected chi connectivity index (χ0v) is 14.7. The molecule has 0 saturated carbocycles. The summed E-state index contributed by atoms with van der Waals surface area (Å²) in [6.07, 6.45) is 3.94. The number of hydrogen-bond donors (Lipinski definition) is 0. The number of aryl methyl sites for hydroxylation is 1. The molecule has 3 aromatic carbocycles. The summed E-state index contributed by atoms with van der Waals surface area (Å²) in [7, 11) is 0. The number of hydrogen-bond acceptors (Lipinski definition) is 0. The average molecular weight is 354 g/mol. The molecule has 4 rings (SSSR count). The molecular weight excluding hydrogens is 333 g/mol. The highest BCUT2D eigenvalue weighted by Crippen LogP contribution is 2.45. The normalized spacial score (nSPS) is 19.5. The van der Waals surface area contributed by atoms with Gasteiger partial charge >= 0.3 is 0 Å². The van der Waals surface area contributed by atoms with Crippen molar-refractivity contribution in [2.45, 2.75) is 38.5 Å². The van der Waals surface area contributed by atoms with Gasteiger partial charge in [-0.2, -0.15) is 0 Å². The zero-order valence-electron chi connectivity index (χ0n) is 14.7. The van der Waals surface area contributed by atoms with Gasteiger partial charge in [0.2, 0.25) is 0 Å². The quantitative estimate of drug-likeness (QED) is 0.488. The van der Waals surface area contributed by atoms with E-state index in [1.54, 1.807) is 18.2 Å². The number of fused-ring (bicyclic) bond motifs is 3. The van der Waals surface area contributed by atoms with Crippen molar-refractivity contribution in [1.82, 2.24) is 0 Å². The number of benzene rings is 3. The highest BCUT2D eigenvalue weighted by Gasteiger charge is 2.31. The van der Waals surface area contributed by atoms with E-state index in [2.05, 4.69) is 13.0 Å². The minimum absolute atomic E-state index is 0.0152. The van der Waals surface area contributed by atoms with Crippen LogP contribution in [0.2, 0.25) is 0 Å². The molecule has 2 unspecified atom stereocenters. The Morgan fingerprint density at radius 2 is 1.73 bits per heavy atom. The second-order valence-corrected chi connectivity index (χ2v) is 7.24. The summed E-state index contributed by atoms with van der Waals surface area (Å²) in [6, 6.07) is 13.2. The fraction of sp³-hybridized carbons (Fsp3) is 0.304. The number of halogens is 3. The van der Waals surface area contributed by atoms with Crippen molar-refractivity contribution in [2.24, 2.45) is 5.92 Å². The van der Waals surface area contributed by atoms with E-state index < -0.39 is 11.6 Å². The molecule has 0 aromatic heterocycles. The topological polar surface area (TPSA) is 0 Å². The van der Waals surface area contributed by atoms with Crippen LogP contribution in [0.4, 0.5) is 13.2 Å². The Kier molecular flexibility index (Phi) is 4.47. The molecule has 3 aromatic rings. The predicted octanol–water partition coefficient (Wildman–Crippen LogP) is 6.75. The maximum absolute atomic E-state index is 13.9. The average Bonchev–Trinajstić information content (AvgIpc) is 2.64. The van der Waals surface area contributed by atoms with E-state index in [0.717, 1.165) is 53.1 Å². The maximum Gasteiger partial charge on any atom is 0.159 e. The van der Waals surface area contributed by atoms with Crippen molar-refractivity contribution in [3.05, 3.63) is 82.7 Å². The molecule has 0 spiro atoms. The molecule has 1 aliphatic rings. The van der Waals surface area contributed by atoms with Gasteiger partial charge in [-0.1, -0.05) is 37.6 Å². The Morgan fingerprint density at radius 3 is 2.50 bits per heavy atom. The standard InChI is InChI=1S/C23H21F3/c1-2-3-15-6-9-18-19(10-5-14-4-8-17(24)13-20(14)18)23(15)16-7-11-21(25)22(26)12-16/h4-5,7-8,10-13,15,23H,2-3,6,9H2,1H3. The Hall–Kier alpha value is -2.29. The fourth-order valence-electron chi connectivity index (χ4n) is 4.53. The lowest BCUT2D eigenvalue weighted by Crippen LogP contribution is -2.22. The van der Waals surface area contributed by atoms with Crippen LogP contribution in [0.1, 0.15) is 48.8 Å². The molecule has 134 valence electrons. The van der Waals surface area contributed by atoms with Crippen LogP contribution in [-0.4, -0.2) is 0 Å². The summed E-state index contributed by atoms with van der Waals surface area (Å²) in [6.45, 7) is 2.15. The van der Waals surface area contributed by atoms with Gasteiger partial charge in [0.25, 0.3) is 0 Å². The molecule has 0 fully saturated rings. The smallest absolute Gasteiger partial charge is 0.159 e. The van der Waals surface area contributed by atoms with E-state index in [9.17, 15) is 13.2 Å². The van der Waals surface area contributed by atoms with E-state index in [1.807, 2.05) is 6.07 Å². The summed E-state index contributed by atoms with van der Waals surface area (Å²) in [5.41, 5.74) is 3.07. The van der Waals surface area contributed by atoms with Gasteiger partial charge in [0, 0.05) is 5.92 Å². The van der Waals surface area contributed by atoms with Crippen molar-refractivity contribution in [3.63, 3.8) is 0 Å². The molecule has 0 nitrogen and oxygen atoms in total. The van der Waals surface area contributed by atoms with E-state index >= 15 is 0 Å². The lowest BCUT2D eigenvalue weighted by molar-refractivity contribution is 0.378. The third-order valence-electron chi connectivity index (χ3n) is 5.67. The summed E-state index contributed by atoms with van der Waals surface area (Å²) in [5, 5.41) is 1.95. The Bertz CT molecular complexity index is 961. The van der Waals surface area contributed by atoms with Crippen molar-refractivity contribution in [1.29, 1.82) is 0 Å². The molecule has 0 radical (unpaired) electrons. The van der Waals surface area contributed by atoms with E-state index in [1.165, 1.54) is 18.2 Å². The van der Waals surface area contributed by atoms with Crippen LogP contribution in [0.3, 0.4) is 0 Å². The predicted molar refractivity (Wildman–Crippen MR) is 98.8 cm³/mol. The molecule has 0 bridgehead atoms. The molecule has 0 heterocycles. The summed E-state index contributed by atoms with van der Waals surface area (Å²) in [5.74, 6) is -1.48. The van der Waals surface area contributed by atoms with Gasteiger partial charge in [-0.3, -0.25) is 0 Å². The van der Waals surface area contributed by atoms with Gasteiger partial charge in [-0.05, 0) is 76.9 Å². The molecule has 0 amide bonds. The van der Waals surface area contributed by atoms with Gasteiger partial charge in [-0.25, -0.2) is 13.2 Å². The van der Waals surface area contributed by atoms with Crippen LogP contribution in [-0.2, 0) is 6.42 Å². The first-order chi connectivity index (χ1) is 12.6. The first-order valence-electron chi connectivity index (χ1n) is 9.24. The summed E-state index contributed by atoms with van der Waals surface area (Å²) >= 11 is 0. The fourth-order valence-corrected chi connectivity index (χ4v) is 4.53. The maximum atomic E-state index is 13.9. The molecule has 0 N–H and O–H groups in total. The van der Waals surface area contributed by atoms with Gasteiger partial charge in [0.05, 0.1) is 0 Å². The van der Waals surface area contributed by atoms with Gasteiger partial charge in [0.1, 0.15) is 5.82 Å². The largest absolute Gasteiger partial charge is 0.207 e. The van der Waals surface area contributed by atoms with E-state index in [-0.39, 0.29) is 11.7 Å². The second-order valence-electron chi connectivity index (χ2n) is 7.24. The van der Waals surface area contributed by atoms with Crippen LogP contribution in [0.25, 0.3) is 10.8 Å². The lowest BCUT2D eigenvalue weighted by atomic mass is 9.69.